The minimum Gasteiger partial charge on any atom is -0.393 e. The summed E-state index contributed by atoms with van der Waals surface area (Å²) in [7, 11) is 2.16. The van der Waals surface area contributed by atoms with Gasteiger partial charge >= 0.3 is 0 Å². The van der Waals surface area contributed by atoms with Gasteiger partial charge in [-0.15, -0.1) is 11.3 Å². The van der Waals surface area contributed by atoms with Gasteiger partial charge in [0.2, 0.25) is 0 Å². The van der Waals surface area contributed by atoms with Crippen LogP contribution in [0.5, 0.6) is 0 Å². The van der Waals surface area contributed by atoms with E-state index in [0.717, 1.165) is 26.1 Å². The first-order valence-electron chi connectivity index (χ1n) is 7.75. The summed E-state index contributed by atoms with van der Waals surface area (Å²) >= 11 is 1.81. The summed E-state index contributed by atoms with van der Waals surface area (Å²) in [6.07, 6.45) is 5.39. The molecule has 1 fully saturated rings. The third kappa shape index (κ3) is 3.76. The van der Waals surface area contributed by atoms with E-state index in [2.05, 4.69) is 52.4 Å². The molecule has 0 aliphatic heterocycles. The molecule has 1 N–H and O–H groups in total. The zero-order valence-corrected chi connectivity index (χ0v) is 13.4. The van der Waals surface area contributed by atoms with Gasteiger partial charge in [-0.1, -0.05) is 12.5 Å². The van der Waals surface area contributed by atoms with Gasteiger partial charge in [-0.2, -0.15) is 0 Å². The number of hydrogen-bond acceptors (Lipinski definition) is 3. The molecule has 1 saturated carbocycles. The van der Waals surface area contributed by atoms with Gasteiger partial charge in [-0.05, 0) is 49.4 Å². The predicted molar refractivity (Wildman–Crippen MR) is 87.5 cm³/mol. The lowest BCUT2D eigenvalue weighted by molar-refractivity contribution is 0.107. The quantitative estimate of drug-likeness (QED) is 0.888. The molecule has 1 aliphatic rings. The van der Waals surface area contributed by atoms with Crippen molar-refractivity contribution in [3.63, 3.8) is 0 Å². The Balaban J connectivity index is 1.58. The molecule has 0 amide bonds. The number of rotatable bonds is 6. The smallest absolute Gasteiger partial charge is 0.0580 e. The van der Waals surface area contributed by atoms with E-state index >= 15 is 0 Å². The molecule has 0 aromatic carbocycles. The molecular formula is C17H24N2OS. The minimum atomic E-state index is -0.0923. The Bertz CT molecular complexity index is 549. The van der Waals surface area contributed by atoms with Crippen molar-refractivity contribution in [2.75, 3.05) is 13.6 Å². The molecule has 3 rings (SSSR count). The molecule has 1 aliphatic carbocycles. The number of aromatic nitrogens is 1. The van der Waals surface area contributed by atoms with Gasteiger partial charge in [0, 0.05) is 29.9 Å². The first kappa shape index (κ1) is 14.8. The van der Waals surface area contributed by atoms with E-state index in [1.165, 1.54) is 23.4 Å². The van der Waals surface area contributed by atoms with Crippen molar-refractivity contribution in [1.29, 1.82) is 0 Å². The van der Waals surface area contributed by atoms with E-state index in [0.29, 0.717) is 5.92 Å². The molecule has 2 unspecified atom stereocenters. The molecule has 0 radical (unpaired) electrons. The van der Waals surface area contributed by atoms with Crippen LogP contribution in [0.4, 0.5) is 0 Å². The van der Waals surface area contributed by atoms with Gasteiger partial charge < -0.3 is 14.6 Å². The molecule has 4 heteroatoms. The lowest BCUT2D eigenvalue weighted by atomic mass is 10.1. The van der Waals surface area contributed by atoms with E-state index in [1.807, 2.05) is 11.3 Å². The average Bonchev–Trinajstić information content (AvgIpc) is 3.17. The van der Waals surface area contributed by atoms with Crippen LogP contribution < -0.4 is 0 Å². The van der Waals surface area contributed by atoms with Crippen molar-refractivity contribution < 1.29 is 5.11 Å². The van der Waals surface area contributed by atoms with E-state index < -0.39 is 0 Å². The Kier molecular flexibility index (Phi) is 4.78. The Morgan fingerprint density at radius 3 is 2.95 bits per heavy atom. The van der Waals surface area contributed by atoms with Crippen molar-refractivity contribution in [3.05, 3.63) is 46.4 Å². The first-order chi connectivity index (χ1) is 10.2. The van der Waals surface area contributed by atoms with Crippen LogP contribution in [0.2, 0.25) is 0 Å². The maximum Gasteiger partial charge on any atom is 0.0580 e. The summed E-state index contributed by atoms with van der Waals surface area (Å²) in [4.78, 5) is 3.74. The van der Waals surface area contributed by atoms with E-state index in [9.17, 15) is 5.11 Å². The summed E-state index contributed by atoms with van der Waals surface area (Å²) in [5.74, 6) is 0.454. The Labute approximate surface area is 130 Å². The summed E-state index contributed by atoms with van der Waals surface area (Å²) in [6, 6.07) is 8.63. The maximum atomic E-state index is 9.96. The summed E-state index contributed by atoms with van der Waals surface area (Å²) < 4.78 is 2.33. The highest BCUT2D eigenvalue weighted by atomic mass is 32.1. The third-order valence-electron chi connectivity index (χ3n) is 4.43. The second kappa shape index (κ2) is 6.77. The van der Waals surface area contributed by atoms with Crippen molar-refractivity contribution >= 4 is 11.3 Å². The fraction of sp³-hybridized carbons (Fsp3) is 0.529. The van der Waals surface area contributed by atoms with Crippen LogP contribution >= 0.6 is 11.3 Å². The third-order valence-corrected chi connectivity index (χ3v) is 5.29. The second-order valence-corrected chi connectivity index (χ2v) is 7.19. The fourth-order valence-corrected chi connectivity index (χ4v) is 3.99. The van der Waals surface area contributed by atoms with Gasteiger partial charge in [0.1, 0.15) is 0 Å². The fourth-order valence-electron chi connectivity index (χ4n) is 3.29. The lowest BCUT2D eigenvalue weighted by Gasteiger charge is -2.23. The number of aliphatic hydroxyl groups excluding tert-OH is 1. The van der Waals surface area contributed by atoms with Gasteiger partial charge in [0.15, 0.2) is 0 Å². The largest absolute Gasteiger partial charge is 0.393 e. The highest BCUT2D eigenvalue weighted by molar-refractivity contribution is 7.09. The van der Waals surface area contributed by atoms with E-state index in [4.69, 9.17) is 0 Å². The van der Waals surface area contributed by atoms with Crippen molar-refractivity contribution in [2.24, 2.45) is 5.92 Å². The molecule has 3 nitrogen and oxygen atoms in total. The van der Waals surface area contributed by atoms with Gasteiger partial charge in [0.25, 0.3) is 0 Å². The Morgan fingerprint density at radius 2 is 2.24 bits per heavy atom. The maximum absolute atomic E-state index is 9.96. The van der Waals surface area contributed by atoms with Crippen LogP contribution in [0.3, 0.4) is 0 Å². The molecule has 0 spiro atoms. The summed E-state index contributed by atoms with van der Waals surface area (Å²) in [5.41, 5.74) is 1.35. The first-order valence-corrected chi connectivity index (χ1v) is 8.63. The molecule has 114 valence electrons. The second-order valence-electron chi connectivity index (χ2n) is 6.16. The SMILES string of the molecule is CN(Cc1cccn1Cc1cccs1)CC1CCCC1O. The highest BCUT2D eigenvalue weighted by Gasteiger charge is 2.26. The minimum absolute atomic E-state index is 0.0923. The number of nitrogens with zero attached hydrogens (tertiary/aromatic N) is 2. The van der Waals surface area contributed by atoms with Gasteiger partial charge in [-0.3, -0.25) is 0 Å². The van der Waals surface area contributed by atoms with Crippen molar-refractivity contribution in [2.45, 2.75) is 38.5 Å². The van der Waals surface area contributed by atoms with Crippen LogP contribution in [-0.4, -0.2) is 34.3 Å². The van der Waals surface area contributed by atoms with Crippen molar-refractivity contribution in [3.8, 4) is 0 Å². The van der Waals surface area contributed by atoms with E-state index in [1.54, 1.807) is 0 Å². The number of aliphatic hydroxyl groups is 1. The zero-order chi connectivity index (χ0) is 14.7. The lowest BCUT2D eigenvalue weighted by Crippen LogP contribution is -2.30. The molecule has 2 atom stereocenters. The number of hydrogen-bond donors (Lipinski definition) is 1. The summed E-state index contributed by atoms with van der Waals surface area (Å²) in [6.45, 7) is 2.90. The van der Waals surface area contributed by atoms with Crippen LogP contribution in [0.15, 0.2) is 35.8 Å². The standard InChI is InChI=1S/C17H24N2OS/c1-18(11-14-5-2-8-17(14)20)12-15-6-3-9-19(15)13-16-7-4-10-21-16/h3-4,6-7,9-10,14,17,20H,2,5,8,11-13H2,1H3. The van der Waals surface area contributed by atoms with Crippen molar-refractivity contribution in [1.82, 2.24) is 9.47 Å². The van der Waals surface area contributed by atoms with Crippen LogP contribution in [0, 0.1) is 5.92 Å². The molecular weight excluding hydrogens is 280 g/mol. The molecule has 2 aromatic heterocycles. The Morgan fingerprint density at radius 1 is 1.33 bits per heavy atom. The van der Waals surface area contributed by atoms with Gasteiger partial charge in [0.05, 0.1) is 12.6 Å². The highest BCUT2D eigenvalue weighted by Crippen LogP contribution is 2.26. The number of thiophene rings is 1. The van der Waals surface area contributed by atoms with Crippen LogP contribution in [-0.2, 0) is 13.1 Å². The molecule has 2 aromatic rings. The topological polar surface area (TPSA) is 28.4 Å². The molecule has 2 heterocycles. The normalized spacial score (nSPS) is 22.2. The molecule has 21 heavy (non-hydrogen) atoms. The van der Waals surface area contributed by atoms with Crippen LogP contribution in [0.25, 0.3) is 0 Å². The summed E-state index contributed by atoms with van der Waals surface area (Å²) in [5, 5.41) is 12.1. The van der Waals surface area contributed by atoms with E-state index in [-0.39, 0.29) is 6.10 Å². The molecule has 0 saturated heterocycles. The average molecular weight is 304 g/mol. The molecule has 0 bridgehead atoms. The monoisotopic (exact) mass is 304 g/mol. The van der Waals surface area contributed by atoms with Crippen LogP contribution in [0.1, 0.15) is 29.8 Å². The Hall–Kier alpha value is -1.10. The predicted octanol–water partition coefficient (Wildman–Crippen LogP) is 3.19. The zero-order valence-electron chi connectivity index (χ0n) is 12.6. The van der Waals surface area contributed by atoms with Gasteiger partial charge in [-0.25, -0.2) is 0 Å².